The van der Waals surface area contributed by atoms with E-state index in [1.807, 2.05) is 0 Å². The first-order valence-corrected chi connectivity index (χ1v) is 9.46. The average molecular weight is 384 g/mol. The highest BCUT2D eigenvalue weighted by molar-refractivity contribution is 5.91. The van der Waals surface area contributed by atoms with Crippen LogP contribution in [0.15, 0.2) is 29.1 Å². The lowest BCUT2D eigenvalue weighted by Crippen LogP contribution is -2.32. The van der Waals surface area contributed by atoms with Crippen molar-refractivity contribution >= 4 is 17.1 Å². The first-order valence-electron chi connectivity index (χ1n) is 9.46. The number of aromatic amines is 1. The van der Waals surface area contributed by atoms with Gasteiger partial charge in [0, 0.05) is 6.54 Å². The summed E-state index contributed by atoms with van der Waals surface area (Å²) < 4.78 is 14.5. The third-order valence-corrected chi connectivity index (χ3v) is 5.11. The number of rotatable bonds is 5. The molecule has 0 aliphatic heterocycles. The highest BCUT2D eigenvalue weighted by atomic mass is 19.1. The maximum Gasteiger partial charge on any atom is 0.287 e. The SMILES string of the molecule is O=C(NCC1CCCCC1)c1nc2c(nnn2Cc2ccc(F)cc2)c(=O)[nH]1. The van der Waals surface area contributed by atoms with Gasteiger partial charge in [0.25, 0.3) is 11.5 Å². The number of H-pyrrole nitrogens is 1. The van der Waals surface area contributed by atoms with Crippen molar-refractivity contribution in [1.29, 1.82) is 0 Å². The molecule has 2 N–H and O–H groups in total. The quantitative estimate of drug-likeness (QED) is 0.700. The summed E-state index contributed by atoms with van der Waals surface area (Å²) in [4.78, 5) is 31.5. The second kappa shape index (κ2) is 7.87. The van der Waals surface area contributed by atoms with Crippen LogP contribution in [-0.2, 0) is 6.54 Å². The summed E-state index contributed by atoms with van der Waals surface area (Å²) in [5.74, 6) is -0.340. The van der Waals surface area contributed by atoms with Gasteiger partial charge in [-0.05, 0) is 36.5 Å². The Bertz CT molecular complexity index is 1040. The molecule has 0 atom stereocenters. The van der Waals surface area contributed by atoms with Crippen LogP contribution in [0.3, 0.4) is 0 Å². The summed E-state index contributed by atoms with van der Waals surface area (Å²) >= 11 is 0. The van der Waals surface area contributed by atoms with E-state index in [9.17, 15) is 14.0 Å². The van der Waals surface area contributed by atoms with Gasteiger partial charge in [-0.15, -0.1) is 5.10 Å². The number of fused-ring (bicyclic) bond motifs is 1. The van der Waals surface area contributed by atoms with Gasteiger partial charge < -0.3 is 10.3 Å². The van der Waals surface area contributed by atoms with Gasteiger partial charge in [-0.25, -0.2) is 14.1 Å². The molecule has 0 bridgehead atoms. The van der Waals surface area contributed by atoms with Crippen molar-refractivity contribution in [2.75, 3.05) is 6.54 Å². The Kier molecular flexibility index (Phi) is 5.14. The summed E-state index contributed by atoms with van der Waals surface area (Å²) in [7, 11) is 0. The van der Waals surface area contributed by atoms with E-state index in [1.165, 1.54) is 36.1 Å². The molecular formula is C19H21FN6O2. The fourth-order valence-corrected chi connectivity index (χ4v) is 3.56. The molecule has 3 aromatic rings. The minimum atomic E-state index is -0.516. The Hall–Kier alpha value is -3.10. The third kappa shape index (κ3) is 3.92. The van der Waals surface area contributed by atoms with Crippen LogP contribution >= 0.6 is 0 Å². The number of amides is 1. The molecule has 1 aliphatic rings. The van der Waals surface area contributed by atoms with Crippen molar-refractivity contribution in [1.82, 2.24) is 30.3 Å². The van der Waals surface area contributed by atoms with E-state index in [0.717, 1.165) is 18.4 Å². The fraction of sp³-hybridized carbons (Fsp3) is 0.421. The van der Waals surface area contributed by atoms with E-state index in [-0.39, 0.29) is 29.4 Å². The van der Waals surface area contributed by atoms with Crippen LogP contribution < -0.4 is 10.9 Å². The molecule has 0 spiro atoms. The second-order valence-corrected chi connectivity index (χ2v) is 7.17. The van der Waals surface area contributed by atoms with Gasteiger partial charge in [-0.2, -0.15) is 0 Å². The molecule has 9 heteroatoms. The molecule has 146 valence electrons. The molecule has 1 aromatic carbocycles. The molecule has 8 nitrogen and oxygen atoms in total. The minimum Gasteiger partial charge on any atom is -0.349 e. The Labute approximate surface area is 160 Å². The number of nitrogens with one attached hydrogen (secondary N) is 2. The monoisotopic (exact) mass is 384 g/mol. The predicted octanol–water partition coefficient (Wildman–Crippen LogP) is 2.01. The number of halogens is 1. The number of aromatic nitrogens is 5. The highest BCUT2D eigenvalue weighted by Crippen LogP contribution is 2.22. The Balaban J connectivity index is 1.55. The number of benzene rings is 1. The summed E-state index contributed by atoms with van der Waals surface area (Å²) in [6, 6.07) is 5.93. The van der Waals surface area contributed by atoms with Crippen LogP contribution in [-0.4, -0.2) is 37.4 Å². The number of carbonyl (C=O) groups is 1. The van der Waals surface area contributed by atoms with Gasteiger partial charge in [-0.3, -0.25) is 9.59 Å². The van der Waals surface area contributed by atoms with Gasteiger partial charge in [0.1, 0.15) is 5.82 Å². The fourth-order valence-electron chi connectivity index (χ4n) is 3.56. The number of hydrogen-bond donors (Lipinski definition) is 2. The Morgan fingerprint density at radius 3 is 2.71 bits per heavy atom. The summed E-state index contributed by atoms with van der Waals surface area (Å²) in [5.41, 5.74) is 0.540. The van der Waals surface area contributed by atoms with Gasteiger partial charge in [0.15, 0.2) is 11.2 Å². The standard InChI is InChI=1S/C19H21FN6O2/c20-14-8-6-13(7-9-14)11-26-17-15(24-25-26)18(27)23-16(22-17)19(28)21-10-12-4-2-1-3-5-12/h6-9,12H,1-5,10-11H2,(H,21,28)(H,22,23,27). The van der Waals surface area contributed by atoms with Crippen LogP contribution in [0.4, 0.5) is 4.39 Å². The maximum atomic E-state index is 13.1. The topological polar surface area (TPSA) is 106 Å². The van der Waals surface area contributed by atoms with Crippen molar-refractivity contribution < 1.29 is 9.18 Å². The molecule has 0 radical (unpaired) electrons. The molecule has 0 saturated heterocycles. The van der Waals surface area contributed by atoms with Gasteiger partial charge >= 0.3 is 0 Å². The second-order valence-electron chi connectivity index (χ2n) is 7.17. The van der Waals surface area contributed by atoms with E-state index in [0.29, 0.717) is 12.5 Å². The summed E-state index contributed by atoms with van der Waals surface area (Å²) in [6.45, 7) is 0.837. The van der Waals surface area contributed by atoms with E-state index < -0.39 is 11.5 Å². The molecule has 28 heavy (non-hydrogen) atoms. The number of hydrogen-bond acceptors (Lipinski definition) is 5. The zero-order valence-electron chi connectivity index (χ0n) is 15.3. The first kappa shape index (κ1) is 18.3. The van der Waals surface area contributed by atoms with Crippen molar-refractivity contribution in [2.24, 2.45) is 5.92 Å². The lowest BCUT2D eigenvalue weighted by atomic mass is 9.89. The van der Waals surface area contributed by atoms with Crippen molar-refractivity contribution in [3.63, 3.8) is 0 Å². The predicted molar refractivity (Wildman–Crippen MR) is 100 cm³/mol. The van der Waals surface area contributed by atoms with Crippen LogP contribution in [0.5, 0.6) is 0 Å². The molecule has 1 amide bonds. The Morgan fingerprint density at radius 2 is 1.96 bits per heavy atom. The molecule has 1 saturated carbocycles. The summed E-state index contributed by atoms with van der Waals surface area (Å²) in [5, 5.41) is 10.7. The van der Waals surface area contributed by atoms with Crippen LogP contribution in [0.1, 0.15) is 48.3 Å². The van der Waals surface area contributed by atoms with Gasteiger partial charge in [0.05, 0.1) is 6.54 Å². The van der Waals surface area contributed by atoms with Gasteiger partial charge in [-0.1, -0.05) is 36.6 Å². The van der Waals surface area contributed by atoms with E-state index in [4.69, 9.17) is 0 Å². The molecule has 4 rings (SSSR count). The zero-order valence-corrected chi connectivity index (χ0v) is 15.3. The van der Waals surface area contributed by atoms with E-state index in [2.05, 4.69) is 25.6 Å². The first-order chi connectivity index (χ1) is 13.6. The van der Waals surface area contributed by atoms with E-state index in [1.54, 1.807) is 12.1 Å². The molecule has 1 fully saturated rings. The molecular weight excluding hydrogens is 363 g/mol. The smallest absolute Gasteiger partial charge is 0.287 e. The van der Waals surface area contributed by atoms with Crippen molar-refractivity contribution in [3.05, 3.63) is 51.8 Å². The highest BCUT2D eigenvalue weighted by Gasteiger charge is 2.18. The minimum absolute atomic E-state index is 0.0593. The number of carbonyl (C=O) groups excluding carboxylic acids is 1. The summed E-state index contributed by atoms with van der Waals surface area (Å²) in [6.07, 6.45) is 5.85. The third-order valence-electron chi connectivity index (χ3n) is 5.11. The van der Waals surface area contributed by atoms with Crippen LogP contribution in [0.2, 0.25) is 0 Å². The maximum absolute atomic E-state index is 13.1. The number of nitrogens with zero attached hydrogens (tertiary/aromatic N) is 4. The zero-order chi connectivity index (χ0) is 19.5. The van der Waals surface area contributed by atoms with Gasteiger partial charge in [0.2, 0.25) is 5.82 Å². The molecule has 1 aliphatic carbocycles. The van der Waals surface area contributed by atoms with Crippen LogP contribution in [0.25, 0.3) is 11.2 Å². The van der Waals surface area contributed by atoms with E-state index >= 15 is 0 Å². The normalized spacial score (nSPS) is 15.0. The molecule has 2 heterocycles. The molecule has 0 unspecified atom stereocenters. The lowest BCUT2D eigenvalue weighted by molar-refractivity contribution is 0.0933. The Morgan fingerprint density at radius 1 is 1.21 bits per heavy atom. The van der Waals surface area contributed by atoms with Crippen molar-refractivity contribution in [2.45, 2.75) is 38.6 Å². The molecule has 2 aromatic heterocycles. The van der Waals surface area contributed by atoms with Crippen LogP contribution in [0, 0.1) is 11.7 Å². The van der Waals surface area contributed by atoms with Crippen molar-refractivity contribution in [3.8, 4) is 0 Å². The average Bonchev–Trinajstić information content (AvgIpc) is 3.12. The lowest BCUT2D eigenvalue weighted by Gasteiger charge is -2.21. The largest absolute Gasteiger partial charge is 0.349 e.